The molecule has 0 aliphatic heterocycles. The monoisotopic (exact) mass is 258 g/mol. The zero-order valence-electron chi connectivity index (χ0n) is 11.0. The Kier molecular flexibility index (Phi) is 4.55. The van der Waals surface area contributed by atoms with Gasteiger partial charge in [0.05, 0.1) is 6.54 Å². The van der Waals surface area contributed by atoms with Crippen molar-refractivity contribution >= 4 is 11.7 Å². The SMILES string of the molecule is CCCNC(=O)Nc1cccc(Cn2cccn2)c1. The molecular weight excluding hydrogens is 240 g/mol. The summed E-state index contributed by atoms with van der Waals surface area (Å²) < 4.78 is 1.84. The maximum atomic E-state index is 11.6. The van der Waals surface area contributed by atoms with Gasteiger partial charge < -0.3 is 10.6 Å². The zero-order valence-corrected chi connectivity index (χ0v) is 11.0. The first kappa shape index (κ1) is 13.1. The Hall–Kier alpha value is -2.30. The quantitative estimate of drug-likeness (QED) is 0.865. The van der Waals surface area contributed by atoms with E-state index in [2.05, 4.69) is 15.7 Å². The van der Waals surface area contributed by atoms with Gasteiger partial charge in [-0.15, -0.1) is 0 Å². The van der Waals surface area contributed by atoms with Crippen molar-refractivity contribution in [1.82, 2.24) is 15.1 Å². The molecule has 1 aromatic carbocycles. The van der Waals surface area contributed by atoms with E-state index < -0.39 is 0 Å². The van der Waals surface area contributed by atoms with E-state index in [1.807, 2.05) is 48.1 Å². The van der Waals surface area contributed by atoms with Crippen LogP contribution < -0.4 is 10.6 Å². The number of urea groups is 1. The van der Waals surface area contributed by atoms with Crippen molar-refractivity contribution < 1.29 is 4.79 Å². The molecular formula is C14H18N4O. The topological polar surface area (TPSA) is 59.0 Å². The number of carbonyl (C=O) groups excluding carboxylic acids is 1. The van der Waals surface area contributed by atoms with Crippen LogP contribution >= 0.6 is 0 Å². The van der Waals surface area contributed by atoms with Gasteiger partial charge in [0, 0.05) is 24.6 Å². The number of aromatic nitrogens is 2. The standard InChI is InChI=1S/C14H18N4O/c1-2-7-15-14(19)17-13-6-3-5-12(10-13)11-18-9-4-8-16-18/h3-6,8-10H,2,7,11H2,1H3,(H2,15,17,19). The maximum Gasteiger partial charge on any atom is 0.319 e. The van der Waals surface area contributed by atoms with Gasteiger partial charge in [-0.1, -0.05) is 19.1 Å². The van der Waals surface area contributed by atoms with Crippen LogP contribution in [-0.4, -0.2) is 22.4 Å². The summed E-state index contributed by atoms with van der Waals surface area (Å²) in [5, 5.41) is 9.75. The first-order chi connectivity index (χ1) is 9.28. The van der Waals surface area contributed by atoms with E-state index in [-0.39, 0.29) is 6.03 Å². The predicted molar refractivity (Wildman–Crippen MR) is 75.1 cm³/mol. The fourth-order valence-corrected chi connectivity index (χ4v) is 1.74. The second-order valence-corrected chi connectivity index (χ2v) is 4.28. The highest BCUT2D eigenvalue weighted by molar-refractivity contribution is 5.89. The molecule has 5 nitrogen and oxygen atoms in total. The van der Waals surface area contributed by atoms with E-state index >= 15 is 0 Å². The lowest BCUT2D eigenvalue weighted by atomic mass is 10.2. The molecule has 2 amide bonds. The van der Waals surface area contributed by atoms with Crippen LogP contribution in [0.4, 0.5) is 10.5 Å². The van der Waals surface area contributed by atoms with Crippen molar-refractivity contribution in [1.29, 1.82) is 0 Å². The minimum atomic E-state index is -0.168. The van der Waals surface area contributed by atoms with Gasteiger partial charge in [0.1, 0.15) is 0 Å². The molecule has 100 valence electrons. The molecule has 0 radical (unpaired) electrons. The van der Waals surface area contributed by atoms with Crippen LogP contribution in [0.3, 0.4) is 0 Å². The molecule has 2 N–H and O–H groups in total. The normalized spacial score (nSPS) is 10.2. The lowest BCUT2D eigenvalue weighted by Gasteiger charge is -2.08. The molecule has 5 heteroatoms. The Bertz CT molecular complexity index is 522. The van der Waals surface area contributed by atoms with Gasteiger partial charge in [-0.3, -0.25) is 4.68 Å². The second kappa shape index (κ2) is 6.58. The van der Waals surface area contributed by atoms with Crippen molar-refractivity contribution in [3.63, 3.8) is 0 Å². The first-order valence-corrected chi connectivity index (χ1v) is 6.39. The smallest absolute Gasteiger partial charge is 0.319 e. The number of rotatable bonds is 5. The fraction of sp³-hybridized carbons (Fsp3) is 0.286. The van der Waals surface area contributed by atoms with Gasteiger partial charge in [-0.05, 0) is 30.2 Å². The number of nitrogens with zero attached hydrogens (tertiary/aromatic N) is 2. The zero-order chi connectivity index (χ0) is 13.5. The highest BCUT2D eigenvalue weighted by atomic mass is 16.2. The third kappa shape index (κ3) is 4.13. The first-order valence-electron chi connectivity index (χ1n) is 6.39. The van der Waals surface area contributed by atoms with Crippen LogP contribution in [0.1, 0.15) is 18.9 Å². The van der Waals surface area contributed by atoms with Crippen molar-refractivity contribution in [3.8, 4) is 0 Å². The average Bonchev–Trinajstić information content (AvgIpc) is 2.89. The summed E-state index contributed by atoms with van der Waals surface area (Å²) in [5.41, 5.74) is 1.88. The Morgan fingerprint density at radius 1 is 1.37 bits per heavy atom. The fourth-order valence-electron chi connectivity index (χ4n) is 1.74. The van der Waals surface area contributed by atoms with E-state index in [4.69, 9.17) is 0 Å². The van der Waals surface area contributed by atoms with E-state index in [0.29, 0.717) is 13.1 Å². The number of benzene rings is 1. The molecule has 0 saturated heterocycles. The minimum Gasteiger partial charge on any atom is -0.338 e. The molecule has 0 fully saturated rings. The largest absolute Gasteiger partial charge is 0.338 e. The number of hydrogen-bond acceptors (Lipinski definition) is 2. The van der Waals surface area contributed by atoms with Gasteiger partial charge in [0.15, 0.2) is 0 Å². The molecule has 1 heterocycles. The third-order valence-corrected chi connectivity index (χ3v) is 2.62. The van der Waals surface area contributed by atoms with Crippen molar-refractivity contribution in [2.75, 3.05) is 11.9 Å². The van der Waals surface area contributed by atoms with E-state index in [1.54, 1.807) is 6.20 Å². The number of carbonyl (C=O) groups is 1. The number of nitrogens with one attached hydrogen (secondary N) is 2. The maximum absolute atomic E-state index is 11.6. The molecule has 19 heavy (non-hydrogen) atoms. The van der Waals surface area contributed by atoms with Crippen LogP contribution in [-0.2, 0) is 6.54 Å². The van der Waals surface area contributed by atoms with Gasteiger partial charge in [0.2, 0.25) is 0 Å². The average molecular weight is 258 g/mol. The molecule has 0 bridgehead atoms. The predicted octanol–water partition coefficient (Wildman–Crippen LogP) is 2.46. The van der Waals surface area contributed by atoms with Crippen LogP contribution in [0, 0.1) is 0 Å². The summed E-state index contributed by atoms with van der Waals surface area (Å²) in [5.74, 6) is 0. The minimum absolute atomic E-state index is 0.168. The molecule has 1 aromatic heterocycles. The van der Waals surface area contributed by atoms with Crippen LogP contribution in [0.5, 0.6) is 0 Å². The number of amides is 2. The van der Waals surface area contributed by atoms with Crippen molar-refractivity contribution in [2.45, 2.75) is 19.9 Å². The van der Waals surface area contributed by atoms with Crippen LogP contribution in [0.15, 0.2) is 42.7 Å². The van der Waals surface area contributed by atoms with Gasteiger partial charge in [-0.25, -0.2) is 4.79 Å². The molecule has 0 saturated carbocycles. The Morgan fingerprint density at radius 2 is 2.26 bits per heavy atom. The van der Waals surface area contributed by atoms with Gasteiger partial charge >= 0.3 is 6.03 Å². The summed E-state index contributed by atoms with van der Waals surface area (Å²) in [6.07, 6.45) is 4.58. The summed E-state index contributed by atoms with van der Waals surface area (Å²) in [6.45, 7) is 3.39. The van der Waals surface area contributed by atoms with E-state index in [9.17, 15) is 4.79 Å². The van der Waals surface area contributed by atoms with Crippen LogP contribution in [0.2, 0.25) is 0 Å². The van der Waals surface area contributed by atoms with Crippen molar-refractivity contribution in [2.24, 2.45) is 0 Å². The van der Waals surface area contributed by atoms with Gasteiger partial charge in [-0.2, -0.15) is 5.10 Å². The molecule has 0 unspecified atom stereocenters. The Morgan fingerprint density at radius 3 is 3.00 bits per heavy atom. The number of anilines is 1. The highest BCUT2D eigenvalue weighted by Crippen LogP contribution is 2.11. The molecule has 0 aliphatic rings. The van der Waals surface area contributed by atoms with Crippen LogP contribution in [0.25, 0.3) is 0 Å². The second-order valence-electron chi connectivity index (χ2n) is 4.28. The third-order valence-electron chi connectivity index (χ3n) is 2.62. The van der Waals surface area contributed by atoms with E-state index in [0.717, 1.165) is 17.7 Å². The lowest BCUT2D eigenvalue weighted by molar-refractivity contribution is 0.252. The lowest BCUT2D eigenvalue weighted by Crippen LogP contribution is -2.29. The Labute approximate surface area is 112 Å². The summed E-state index contributed by atoms with van der Waals surface area (Å²) in [7, 11) is 0. The number of hydrogen-bond donors (Lipinski definition) is 2. The molecule has 2 rings (SSSR count). The summed E-state index contributed by atoms with van der Waals surface area (Å²) >= 11 is 0. The molecule has 0 atom stereocenters. The highest BCUT2D eigenvalue weighted by Gasteiger charge is 2.02. The Balaban J connectivity index is 1.97. The van der Waals surface area contributed by atoms with Gasteiger partial charge in [0.25, 0.3) is 0 Å². The molecule has 0 aliphatic carbocycles. The summed E-state index contributed by atoms with van der Waals surface area (Å²) in [4.78, 5) is 11.6. The summed E-state index contributed by atoms with van der Waals surface area (Å²) in [6, 6.07) is 9.48. The molecule has 0 spiro atoms. The van der Waals surface area contributed by atoms with Crippen molar-refractivity contribution in [3.05, 3.63) is 48.3 Å². The van der Waals surface area contributed by atoms with E-state index in [1.165, 1.54) is 0 Å². The molecule has 2 aromatic rings.